The molecule has 0 aliphatic rings. The standard InChI is InChI=1S/C8H7F3S/c9-8(10,11)6-12-7-4-2-1-3-5-7/h1-5H,6H2. The first-order valence-corrected chi connectivity index (χ1v) is 4.31. The molecule has 0 spiro atoms. The van der Waals surface area contributed by atoms with Gasteiger partial charge in [0.15, 0.2) is 0 Å². The molecule has 12 heavy (non-hydrogen) atoms. The summed E-state index contributed by atoms with van der Waals surface area (Å²) in [6.45, 7) is 0. The summed E-state index contributed by atoms with van der Waals surface area (Å²) in [5.41, 5.74) is 0. The largest absolute Gasteiger partial charge is 0.398 e. The van der Waals surface area contributed by atoms with Crippen molar-refractivity contribution in [2.75, 3.05) is 5.75 Å². The Bertz CT molecular complexity index is 230. The predicted molar refractivity (Wildman–Crippen MR) is 43.2 cm³/mol. The number of alkyl halides is 3. The third-order valence-corrected chi connectivity index (χ3v) is 2.22. The van der Waals surface area contributed by atoms with Gasteiger partial charge in [-0.15, -0.1) is 11.8 Å². The highest BCUT2D eigenvalue weighted by molar-refractivity contribution is 7.99. The van der Waals surface area contributed by atoms with Crippen molar-refractivity contribution in [3.05, 3.63) is 30.3 Å². The van der Waals surface area contributed by atoms with Crippen LogP contribution in [0.1, 0.15) is 0 Å². The molecule has 0 aliphatic heterocycles. The molecule has 0 saturated heterocycles. The van der Waals surface area contributed by atoms with E-state index >= 15 is 0 Å². The summed E-state index contributed by atoms with van der Waals surface area (Å²) >= 11 is 0.802. The molecule has 0 amide bonds. The Balaban J connectivity index is 2.44. The van der Waals surface area contributed by atoms with Crippen molar-refractivity contribution in [3.63, 3.8) is 0 Å². The van der Waals surface area contributed by atoms with E-state index in [9.17, 15) is 13.2 Å². The van der Waals surface area contributed by atoms with Gasteiger partial charge in [0.25, 0.3) is 0 Å². The van der Waals surface area contributed by atoms with Gasteiger partial charge in [-0.05, 0) is 12.1 Å². The highest BCUT2D eigenvalue weighted by Gasteiger charge is 2.26. The lowest BCUT2D eigenvalue weighted by Gasteiger charge is -2.04. The number of halogens is 3. The summed E-state index contributed by atoms with van der Waals surface area (Å²) in [7, 11) is 0. The fourth-order valence-corrected chi connectivity index (χ4v) is 1.36. The first kappa shape index (κ1) is 9.45. The number of hydrogen-bond donors (Lipinski definition) is 0. The number of rotatable bonds is 2. The SMILES string of the molecule is FC(F)(F)CSc1ccccc1. The maximum Gasteiger partial charge on any atom is 0.398 e. The third-order valence-electron chi connectivity index (χ3n) is 1.15. The minimum atomic E-state index is -4.08. The molecule has 0 bridgehead atoms. The molecule has 1 aromatic carbocycles. The summed E-state index contributed by atoms with van der Waals surface area (Å²) in [6.07, 6.45) is -4.08. The van der Waals surface area contributed by atoms with E-state index in [0.29, 0.717) is 4.90 Å². The molecule has 0 N–H and O–H groups in total. The van der Waals surface area contributed by atoms with Gasteiger partial charge in [-0.25, -0.2) is 0 Å². The lowest BCUT2D eigenvalue weighted by Crippen LogP contribution is -2.10. The molecule has 1 rings (SSSR count). The van der Waals surface area contributed by atoms with Gasteiger partial charge in [0, 0.05) is 4.90 Å². The normalized spacial score (nSPS) is 11.6. The van der Waals surface area contributed by atoms with Crippen LogP contribution in [0.5, 0.6) is 0 Å². The van der Waals surface area contributed by atoms with Gasteiger partial charge in [-0.2, -0.15) is 13.2 Å². The molecule has 0 aromatic heterocycles. The second-order valence-corrected chi connectivity index (χ2v) is 3.27. The van der Waals surface area contributed by atoms with Gasteiger partial charge >= 0.3 is 6.18 Å². The molecule has 0 heterocycles. The fourth-order valence-electron chi connectivity index (χ4n) is 0.682. The number of thioether (sulfide) groups is 1. The molecule has 0 unspecified atom stereocenters. The monoisotopic (exact) mass is 192 g/mol. The Morgan fingerprint density at radius 1 is 1.08 bits per heavy atom. The van der Waals surface area contributed by atoms with Gasteiger partial charge in [-0.1, -0.05) is 18.2 Å². The molecule has 0 saturated carbocycles. The van der Waals surface area contributed by atoms with Crippen molar-refractivity contribution in [1.82, 2.24) is 0 Å². The van der Waals surface area contributed by atoms with Gasteiger partial charge in [-0.3, -0.25) is 0 Å². The van der Waals surface area contributed by atoms with Crippen LogP contribution < -0.4 is 0 Å². The highest BCUT2D eigenvalue weighted by Crippen LogP contribution is 2.26. The highest BCUT2D eigenvalue weighted by atomic mass is 32.2. The smallest absolute Gasteiger partial charge is 0.170 e. The second kappa shape index (κ2) is 3.85. The molecule has 0 radical (unpaired) electrons. The van der Waals surface area contributed by atoms with Gasteiger partial charge in [0.05, 0.1) is 5.75 Å². The first-order chi connectivity index (χ1) is 5.58. The van der Waals surface area contributed by atoms with E-state index in [4.69, 9.17) is 0 Å². The molecule has 0 atom stereocenters. The summed E-state index contributed by atoms with van der Waals surface area (Å²) in [6, 6.07) is 8.54. The van der Waals surface area contributed by atoms with Crippen LogP contribution in [0.3, 0.4) is 0 Å². The summed E-state index contributed by atoms with van der Waals surface area (Å²) in [5.74, 6) is -0.822. The van der Waals surface area contributed by atoms with Crippen molar-refractivity contribution in [3.8, 4) is 0 Å². The van der Waals surface area contributed by atoms with Crippen molar-refractivity contribution >= 4 is 11.8 Å². The molecular formula is C8H7F3S. The summed E-state index contributed by atoms with van der Waals surface area (Å²) < 4.78 is 35.2. The Labute approximate surface area is 72.8 Å². The van der Waals surface area contributed by atoms with Crippen LogP contribution in [0.15, 0.2) is 35.2 Å². The summed E-state index contributed by atoms with van der Waals surface area (Å²) in [5, 5.41) is 0. The van der Waals surface area contributed by atoms with Crippen LogP contribution in [0.25, 0.3) is 0 Å². The van der Waals surface area contributed by atoms with Crippen LogP contribution in [-0.2, 0) is 0 Å². The van der Waals surface area contributed by atoms with Crippen LogP contribution in [0, 0.1) is 0 Å². The zero-order valence-electron chi connectivity index (χ0n) is 6.14. The molecule has 4 heteroatoms. The van der Waals surface area contributed by atoms with Gasteiger partial charge < -0.3 is 0 Å². The molecule has 0 aliphatic carbocycles. The quantitative estimate of drug-likeness (QED) is 0.647. The van der Waals surface area contributed by atoms with Crippen molar-refractivity contribution in [2.24, 2.45) is 0 Å². The predicted octanol–water partition coefficient (Wildman–Crippen LogP) is 3.34. The average Bonchev–Trinajstić information content (AvgIpc) is 2.02. The van der Waals surface area contributed by atoms with Crippen LogP contribution >= 0.6 is 11.8 Å². The Hall–Kier alpha value is -0.640. The average molecular weight is 192 g/mol. The maximum atomic E-state index is 11.7. The van der Waals surface area contributed by atoms with Gasteiger partial charge in [0.1, 0.15) is 0 Å². The van der Waals surface area contributed by atoms with E-state index in [1.807, 2.05) is 0 Å². The van der Waals surface area contributed by atoms with Crippen molar-refractivity contribution < 1.29 is 13.2 Å². The van der Waals surface area contributed by atoms with E-state index in [2.05, 4.69) is 0 Å². The third kappa shape index (κ3) is 3.67. The minimum Gasteiger partial charge on any atom is -0.170 e. The molecule has 0 fully saturated rings. The Kier molecular flexibility index (Phi) is 3.03. The first-order valence-electron chi connectivity index (χ1n) is 3.32. The van der Waals surface area contributed by atoms with E-state index in [-0.39, 0.29) is 0 Å². The van der Waals surface area contributed by atoms with Crippen molar-refractivity contribution in [1.29, 1.82) is 0 Å². The lowest BCUT2D eigenvalue weighted by atomic mass is 10.4. The van der Waals surface area contributed by atoms with Gasteiger partial charge in [0.2, 0.25) is 0 Å². The Morgan fingerprint density at radius 2 is 1.67 bits per heavy atom. The minimum absolute atomic E-state index is 0.648. The number of benzene rings is 1. The zero-order chi connectivity index (χ0) is 9.03. The maximum absolute atomic E-state index is 11.7. The zero-order valence-corrected chi connectivity index (χ0v) is 6.95. The van der Waals surface area contributed by atoms with Crippen LogP contribution in [0.4, 0.5) is 13.2 Å². The Morgan fingerprint density at radius 3 is 2.17 bits per heavy atom. The molecule has 66 valence electrons. The van der Waals surface area contributed by atoms with E-state index in [0.717, 1.165) is 11.8 Å². The van der Waals surface area contributed by atoms with Crippen molar-refractivity contribution in [2.45, 2.75) is 11.1 Å². The fraction of sp³-hybridized carbons (Fsp3) is 0.250. The summed E-state index contributed by atoms with van der Waals surface area (Å²) in [4.78, 5) is 0.648. The molecule has 1 aromatic rings. The van der Waals surface area contributed by atoms with Crippen LogP contribution in [-0.4, -0.2) is 11.9 Å². The number of hydrogen-bond acceptors (Lipinski definition) is 1. The van der Waals surface area contributed by atoms with Crippen LogP contribution in [0.2, 0.25) is 0 Å². The second-order valence-electron chi connectivity index (χ2n) is 2.22. The van der Waals surface area contributed by atoms with E-state index < -0.39 is 11.9 Å². The molecular weight excluding hydrogens is 185 g/mol. The van der Waals surface area contributed by atoms with E-state index in [1.54, 1.807) is 30.3 Å². The molecule has 0 nitrogen and oxygen atoms in total. The lowest BCUT2D eigenvalue weighted by molar-refractivity contribution is -0.105. The van der Waals surface area contributed by atoms with E-state index in [1.165, 1.54) is 0 Å². The topological polar surface area (TPSA) is 0 Å².